The molecule has 1 atom stereocenters. The molecule has 0 bridgehead atoms. The average Bonchev–Trinajstić information content (AvgIpc) is 3.36. The summed E-state index contributed by atoms with van der Waals surface area (Å²) < 4.78 is 0.588. The van der Waals surface area contributed by atoms with Crippen LogP contribution < -0.4 is 16.0 Å². The Balaban J connectivity index is 1.46. The number of hydrogen-bond donors (Lipinski definition) is 2. The predicted molar refractivity (Wildman–Crippen MR) is 159 cm³/mol. The SMILES string of the molecule is Cc1ccc(NC(=O)CSc2nnc(N3C(N)=C(C#N)C(c4ccc(C)cc4)C4=C3CC(C)(C)CC4=O)s2)cc1. The van der Waals surface area contributed by atoms with E-state index in [9.17, 15) is 14.9 Å². The third kappa shape index (κ3) is 5.53. The van der Waals surface area contributed by atoms with Gasteiger partial charge in [0.1, 0.15) is 5.82 Å². The van der Waals surface area contributed by atoms with Gasteiger partial charge in [-0.3, -0.25) is 14.5 Å². The Hall–Kier alpha value is -3.94. The van der Waals surface area contributed by atoms with E-state index in [-0.39, 0.29) is 28.7 Å². The molecule has 0 saturated carbocycles. The van der Waals surface area contributed by atoms with Gasteiger partial charge in [0.15, 0.2) is 10.1 Å². The highest BCUT2D eigenvalue weighted by Crippen LogP contribution is 2.50. The monoisotopic (exact) mass is 570 g/mol. The van der Waals surface area contributed by atoms with Gasteiger partial charge in [-0.2, -0.15) is 5.26 Å². The van der Waals surface area contributed by atoms with Crippen LogP contribution in [0.1, 0.15) is 49.3 Å². The lowest BCUT2D eigenvalue weighted by molar-refractivity contribution is -0.118. The number of benzene rings is 2. The van der Waals surface area contributed by atoms with Crippen molar-refractivity contribution >= 4 is 45.6 Å². The number of ketones is 1. The minimum Gasteiger partial charge on any atom is -0.384 e. The van der Waals surface area contributed by atoms with Crippen LogP contribution in [0.3, 0.4) is 0 Å². The number of anilines is 2. The molecule has 2 heterocycles. The van der Waals surface area contributed by atoms with Crippen LogP contribution in [-0.4, -0.2) is 27.6 Å². The van der Waals surface area contributed by atoms with Crippen molar-refractivity contribution < 1.29 is 9.59 Å². The lowest BCUT2D eigenvalue weighted by atomic mass is 9.68. The third-order valence-corrected chi connectivity index (χ3v) is 9.08. The van der Waals surface area contributed by atoms with Crippen LogP contribution in [0.5, 0.6) is 0 Å². The second-order valence-corrected chi connectivity index (χ2v) is 13.1. The van der Waals surface area contributed by atoms with Crippen molar-refractivity contribution in [1.82, 2.24) is 10.2 Å². The standard InChI is InChI=1S/C30H30N6O2S2/c1-17-5-9-19(10-6-17)25-21(15-31)27(32)36(22-13-30(3,4)14-23(37)26(22)25)28-34-35-29(40-28)39-16-24(38)33-20-11-7-18(2)8-12-20/h5-12,25H,13-14,16,32H2,1-4H3,(H,33,38). The Morgan fingerprint density at radius 2 is 1.77 bits per heavy atom. The first kappa shape index (κ1) is 27.6. The number of nitrogens with zero attached hydrogens (tertiary/aromatic N) is 4. The molecule has 40 heavy (non-hydrogen) atoms. The van der Waals surface area contributed by atoms with E-state index >= 15 is 0 Å². The number of allylic oxidation sites excluding steroid dienone is 3. The summed E-state index contributed by atoms with van der Waals surface area (Å²) >= 11 is 2.55. The highest BCUT2D eigenvalue weighted by Gasteiger charge is 2.45. The summed E-state index contributed by atoms with van der Waals surface area (Å²) in [7, 11) is 0. The van der Waals surface area contributed by atoms with Gasteiger partial charge < -0.3 is 11.1 Å². The van der Waals surface area contributed by atoms with Gasteiger partial charge >= 0.3 is 0 Å². The fourth-order valence-corrected chi connectivity index (χ4v) is 6.81. The van der Waals surface area contributed by atoms with Crippen LogP contribution in [0.15, 0.2) is 75.5 Å². The maximum atomic E-state index is 13.7. The number of rotatable bonds is 6. The summed E-state index contributed by atoms with van der Waals surface area (Å²) in [6.07, 6.45) is 0.977. The van der Waals surface area contributed by atoms with E-state index in [2.05, 4.69) is 35.4 Å². The molecular weight excluding hydrogens is 541 g/mol. The number of aryl methyl sites for hydroxylation is 2. The summed E-state index contributed by atoms with van der Waals surface area (Å²) in [5.74, 6) is -0.268. The van der Waals surface area contributed by atoms with Gasteiger partial charge in [0, 0.05) is 23.4 Å². The molecule has 0 spiro atoms. The zero-order valence-electron chi connectivity index (χ0n) is 22.8. The number of thioether (sulfide) groups is 1. The summed E-state index contributed by atoms with van der Waals surface area (Å²) in [6.45, 7) is 8.10. The van der Waals surface area contributed by atoms with Crippen LogP contribution in [-0.2, 0) is 9.59 Å². The van der Waals surface area contributed by atoms with Crippen molar-refractivity contribution in [2.75, 3.05) is 16.0 Å². The average molecular weight is 571 g/mol. The van der Waals surface area contributed by atoms with E-state index < -0.39 is 5.92 Å². The smallest absolute Gasteiger partial charge is 0.234 e. The first-order chi connectivity index (χ1) is 19.1. The lowest BCUT2D eigenvalue weighted by Crippen LogP contribution is -2.42. The second-order valence-electron chi connectivity index (χ2n) is 10.9. The van der Waals surface area contributed by atoms with Crippen LogP contribution in [0.25, 0.3) is 0 Å². The van der Waals surface area contributed by atoms with Gasteiger partial charge in [-0.25, -0.2) is 0 Å². The molecule has 2 aromatic carbocycles. The van der Waals surface area contributed by atoms with Crippen molar-refractivity contribution in [1.29, 1.82) is 5.26 Å². The summed E-state index contributed by atoms with van der Waals surface area (Å²) in [5, 5.41) is 22.3. The number of hydrogen-bond acceptors (Lipinski definition) is 9. The van der Waals surface area contributed by atoms with Gasteiger partial charge in [0.25, 0.3) is 0 Å². The van der Waals surface area contributed by atoms with E-state index in [1.807, 2.05) is 62.4 Å². The molecule has 3 N–H and O–H groups in total. The summed E-state index contributed by atoms with van der Waals surface area (Å²) in [6, 6.07) is 17.8. The zero-order chi connectivity index (χ0) is 28.6. The van der Waals surface area contributed by atoms with Gasteiger partial charge in [-0.1, -0.05) is 84.5 Å². The number of aromatic nitrogens is 2. The second kappa shape index (κ2) is 10.9. The van der Waals surface area contributed by atoms with Crippen molar-refractivity contribution in [3.8, 4) is 6.07 Å². The maximum absolute atomic E-state index is 13.7. The number of carbonyl (C=O) groups excluding carboxylic acids is 2. The molecular formula is C30H30N6O2S2. The summed E-state index contributed by atoms with van der Waals surface area (Å²) in [5.41, 5.74) is 11.9. The Morgan fingerprint density at radius 1 is 1.12 bits per heavy atom. The van der Waals surface area contributed by atoms with Crippen molar-refractivity contribution in [2.45, 2.75) is 50.8 Å². The normalized spacial score (nSPS) is 18.4. The number of nitrogens with one attached hydrogen (secondary N) is 1. The van der Waals surface area contributed by atoms with E-state index in [4.69, 9.17) is 5.73 Å². The molecule has 1 aliphatic heterocycles. The van der Waals surface area contributed by atoms with Gasteiger partial charge in [-0.05, 0) is 43.4 Å². The number of carbonyl (C=O) groups is 2. The minimum atomic E-state index is -0.535. The first-order valence-corrected chi connectivity index (χ1v) is 14.7. The van der Waals surface area contributed by atoms with Gasteiger partial charge in [0.05, 0.1) is 23.3 Å². The molecule has 2 aliphatic rings. The van der Waals surface area contributed by atoms with Crippen molar-refractivity contribution in [3.63, 3.8) is 0 Å². The molecule has 0 fully saturated rings. The largest absolute Gasteiger partial charge is 0.384 e. The third-order valence-electron chi connectivity index (χ3n) is 7.04. The number of amides is 1. The fraction of sp³-hybridized carbons (Fsp3) is 0.300. The van der Waals surface area contributed by atoms with Crippen LogP contribution in [0.4, 0.5) is 10.8 Å². The number of Topliss-reactive ketones (excluding diaryl/α,β-unsaturated/α-hetero) is 1. The number of nitrogens with two attached hydrogens (primary N) is 1. The Bertz CT molecular complexity index is 1580. The minimum absolute atomic E-state index is 0.00830. The lowest BCUT2D eigenvalue weighted by Gasteiger charge is -2.42. The molecule has 204 valence electrons. The first-order valence-electron chi connectivity index (χ1n) is 12.9. The molecule has 1 unspecified atom stereocenters. The van der Waals surface area contributed by atoms with Crippen molar-refractivity contribution in [2.24, 2.45) is 11.1 Å². The highest BCUT2D eigenvalue weighted by atomic mass is 32.2. The quantitative estimate of drug-likeness (QED) is 0.355. The summed E-state index contributed by atoms with van der Waals surface area (Å²) in [4.78, 5) is 27.9. The molecule has 1 aromatic heterocycles. The fourth-order valence-electron chi connectivity index (χ4n) is 5.13. The molecule has 1 aliphatic carbocycles. The van der Waals surface area contributed by atoms with Gasteiger partial charge in [0.2, 0.25) is 11.0 Å². The van der Waals surface area contributed by atoms with Gasteiger partial charge in [-0.15, -0.1) is 10.2 Å². The molecule has 0 saturated heterocycles. The van der Waals surface area contributed by atoms with E-state index in [0.717, 1.165) is 28.1 Å². The molecule has 3 aromatic rings. The van der Waals surface area contributed by atoms with Crippen LogP contribution in [0.2, 0.25) is 0 Å². The Kier molecular flexibility index (Phi) is 7.53. The van der Waals surface area contributed by atoms with E-state index in [0.29, 0.717) is 33.5 Å². The predicted octanol–water partition coefficient (Wildman–Crippen LogP) is 5.83. The van der Waals surface area contributed by atoms with Crippen LogP contribution >= 0.6 is 23.1 Å². The van der Waals surface area contributed by atoms with Crippen LogP contribution in [0, 0.1) is 30.6 Å². The maximum Gasteiger partial charge on any atom is 0.234 e. The van der Waals surface area contributed by atoms with E-state index in [1.54, 1.807) is 4.90 Å². The molecule has 8 nitrogen and oxygen atoms in total. The number of nitriles is 1. The Labute approximate surface area is 242 Å². The molecule has 10 heteroatoms. The Morgan fingerprint density at radius 3 is 2.42 bits per heavy atom. The topological polar surface area (TPSA) is 125 Å². The van der Waals surface area contributed by atoms with Crippen molar-refractivity contribution in [3.05, 3.63) is 87.9 Å². The molecule has 1 amide bonds. The highest BCUT2D eigenvalue weighted by molar-refractivity contribution is 8.01. The zero-order valence-corrected chi connectivity index (χ0v) is 24.4. The van der Waals surface area contributed by atoms with E-state index in [1.165, 1.54) is 23.1 Å². The molecule has 0 radical (unpaired) electrons. The molecule has 5 rings (SSSR count).